The minimum atomic E-state index is 0.00780. The lowest BCUT2D eigenvalue weighted by Crippen LogP contribution is -2.07. The van der Waals surface area contributed by atoms with Crippen LogP contribution in [0.4, 0.5) is 0 Å². The molecule has 170 valence electrons. The van der Waals surface area contributed by atoms with Crippen molar-refractivity contribution in [2.24, 2.45) is 0 Å². The van der Waals surface area contributed by atoms with E-state index in [1.165, 1.54) is 0 Å². The van der Waals surface area contributed by atoms with Crippen molar-refractivity contribution in [3.63, 3.8) is 0 Å². The van der Waals surface area contributed by atoms with Crippen molar-refractivity contribution in [3.8, 4) is 0 Å². The van der Waals surface area contributed by atoms with E-state index in [4.69, 9.17) is 0 Å². The predicted octanol–water partition coefficient (Wildman–Crippen LogP) is 9.84. The van der Waals surface area contributed by atoms with Crippen molar-refractivity contribution in [3.05, 3.63) is 99.0 Å². The maximum atomic E-state index is 13.7. The summed E-state index contributed by atoms with van der Waals surface area (Å²) in [6.45, 7) is 0. The third-order valence-corrected chi connectivity index (χ3v) is 11.1. The number of hydrogen-bond donors (Lipinski definition) is 0. The highest BCUT2D eigenvalue weighted by Crippen LogP contribution is 2.50. The van der Waals surface area contributed by atoms with Crippen LogP contribution in [0.5, 0.6) is 0 Å². The van der Waals surface area contributed by atoms with Gasteiger partial charge in [0, 0.05) is 61.0 Å². The molecule has 0 N–H and O–H groups in total. The largest absolute Gasteiger partial charge is 0.289 e. The predicted molar refractivity (Wildman–Crippen MR) is 166 cm³/mol. The van der Waals surface area contributed by atoms with Crippen LogP contribution in [0.2, 0.25) is 0 Å². The molecule has 0 aliphatic carbocycles. The second-order valence-corrected chi connectivity index (χ2v) is 12.5. The van der Waals surface area contributed by atoms with Gasteiger partial charge in [0.1, 0.15) is 0 Å². The van der Waals surface area contributed by atoms with E-state index in [2.05, 4.69) is 69.8 Å². The second-order valence-electron chi connectivity index (χ2n) is 9.21. The summed E-state index contributed by atoms with van der Waals surface area (Å²) in [5.41, 5.74) is 0.0214. The lowest BCUT2D eigenvalue weighted by Gasteiger charge is -2.20. The molecule has 0 amide bonds. The summed E-state index contributed by atoms with van der Waals surface area (Å²) in [6.07, 6.45) is 0. The normalized spacial score (nSPS) is 12.7. The maximum absolute atomic E-state index is 13.7. The van der Waals surface area contributed by atoms with E-state index in [0.717, 1.165) is 71.8 Å². The van der Waals surface area contributed by atoms with Crippen LogP contribution in [0.15, 0.2) is 88.1 Å². The molecule has 0 saturated carbocycles. The van der Waals surface area contributed by atoms with Gasteiger partial charge in [0.2, 0.25) is 0 Å². The van der Waals surface area contributed by atoms with E-state index < -0.39 is 0 Å². The molecule has 0 saturated heterocycles. The molecule has 6 heteroatoms. The number of benzene rings is 8. The molecular formula is C30H10Br4O2. The molecule has 0 aliphatic heterocycles. The Morgan fingerprint density at radius 1 is 0.417 bits per heavy atom. The molecule has 0 unspecified atom stereocenters. The van der Waals surface area contributed by atoms with Gasteiger partial charge in [-0.2, -0.15) is 0 Å². The topological polar surface area (TPSA) is 34.1 Å². The Morgan fingerprint density at radius 3 is 1.92 bits per heavy atom. The molecule has 0 spiro atoms. The molecule has 0 bridgehead atoms. The van der Waals surface area contributed by atoms with Gasteiger partial charge in [-0.25, -0.2) is 0 Å². The molecule has 8 rings (SSSR count). The fourth-order valence-corrected chi connectivity index (χ4v) is 8.28. The van der Waals surface area contributed by atoms with Crippen LogP contribution in [0.25, 0.3) is 75.4 Å². The summed E-state index contributed by atoms with van der Waals surface area (Å²) < 4.78 is 3.46. The van der Waals surface area contributed by atoms with E-state index in [1.807, 2.05) is 54.6 Å². The van der Waals surface area contributed by atoms with E-state index in [9.17, 15) is 9.59 Å². The molecule has 0 fully saturated rings. The summed E-state index contributed by atoms with van der Waals surface area (Å²) in [7, 11) is 0. The van der Waals surface area contributed by atoms with Crippen LogP contribution < -0.4 is 10.9 Å². The van der Waals surface area contributed by atoms with Gasteiger partial charge in [-0.3, -0.25) is 9.59 Å². The number of hydrogen-bond acceptors (Lipinski definition) is 2. The van der Waals surface area contributed by atoms with E-state index >= 15 is 0 Å². The zero-order valence-corrected chi connectivity index (χ0v) is 24.4. The highest BCUT2D eigenvalue weighted by molar-refractivity contribution is 9.13. The fourth-order valence-electron chi connectivity index (χ4n) is 6.13. The summed E-state index contributed by atoms with van der Waals surface area (Å²) in [6, 6.07) is 19.8. The average molecular weight is 722 g/mol. The van der Waals surface area contributed by atoms with Gasteiger partial charge in [-0.15, -0.1) is 0 Å². The Labute approximate surface area is 236 Å². The molecule has 0 heterocycles. The molecular weight excluding hydrogens is 712 g/mol. The molecule has 0 radical (unpaired) electrons. The van der Waals surface area contributed by atoms with Crippen LogP contribution in [0, 0.1) is 0 Å². The van der Waals surface area contributed by atoms with Crippen molar-refractivity contribution >= 4 is 139 Å². The van der Waals surface area contributed by atoms with Crippen LogP contribution in [0.3, 0.4) is 0 Å². The van der Waals surface area contributed by atoms with Crippen molar-refractivity contribution in [1.82, 2.24) is 0 Å². The highest BCUT2D eigenvalue weighted by atomic mass is 79.9. The summed E-state index contributed by atoms with van der Waals surface area (Å²) >= 11 is 14.9. The number of fused-ring (bicyclic) bond motifs is 4. The lowest BCUT2D eigenvalue weighted by molar-refractivity contribution is 1.65. The van der Waals surface area contributed by atoms with Crippen LogP contribution in [-0.4, -0.2) is 0 Å². The third kappa shape index (κ3) is 2.42. The number of rotatable bonds is 0. The quantitative estimate of drug-likeness (QED) is 0.115. The number of halogens is 4. The monoisotopic (exact) mass is 718 g/mol. The zero-order chi connectivity index (χ0) is 24.6. The van der Waals surface area contributed by atoms with Gasteiger partial charge in [0.05, 0.1) is 0 Å². The zero-order valence-electron chi connectivity index (χ0n) is 18.1. The minimum absolute atomic E-state index is 0.00780. The Bertz CT molecular complexity index is 2400. The SMILES string of the molecule is O=c1c2ccc(Br)c(Br)c2c2c(Br)c3ccc4c(=O)c5c(Br)cccc5c5cc6ccc1c2c6c3c45. The van der Waals surface area contributed by atoms with Crippen molar-refractivity contribution in [1.29, 1.82) is 0 Å². The molecule has 8 aromatic carbocycles. The van der Waals surface area contributed by atoms with E-state index in [1.54, 1.807) is 0 Å². The van der Waals surface area contributed by atoms with Crippen LogP contribution in [0.1, 0.15) is 0 Å². The minimum Gasteiger partial charge on any atom is -0.289 e. The van der Waals surface area contributed by atoms with Gasteiger partial charge < -0.3 is 0 Å². The highest BCUT2D eigenvalue weighted by Gasteiger charge is 2.25. The molecule has 8 aromatic rings. The Hall–Kier alpha value is -2.38. The van der Waals surface area contributed by atoms with E-state index in [-0.39, 0.29) is 10.9 Å². The Morgan fingerprint density at radius 2 is 1.08 bits per heavy atom. The first kappa shape index (κ1) is 21.7. The molecule has 2 nitrogen and oxygen atoms in total. The van der Waals surface area contributed by atoms with Crippen molar-refractivity contribution in [2.75, 3.05) is 0 Å². The van der Waals surface area contributed by atoms with Crippen LogP contribution >= 0.6 is 63.7 Å². The third-order valence-electron chi connectivity index (χ3n) is 7.58. The van der Waals surface area contributed by atoms with Gasteiger partial charge in [-0.05, 0) is 117 Å². The molecule has 36 heavy (non-hydrogen) atoms. The molecule has 0 atom stereocenters. The van der Waals surface area contributed by atoms with Crippen molar-refractivity contribution in [2.45, 2.75) is 0 Å². The fraction of sp³-hybridized carbons (Fsp3) is 0. The van der Waals surface area contributed by atoms with Crippen LogP contribution in [-0.2, 0) is 0 Å². The van der Waals surface area contributed by atoms with Gasteiger partial charge in [-0.1, -0.05) is 40.2 Å². The van der Waals surface area contributed by atoms with Gasteiger partial charge in [0.25, 0.3) is 0 Å². The second kappa shape index (κ2) is 7.13. The van der Waals surface area contributed by atoms with E-state index in [0.29, 0.717) is 21.5 Å². The first-order valence-corrected chi connectivity index (χ1v) is 14.4. The molecule has 0 aromatic heterocycles. The standard InChI is InChI=1S/C30H10Br4O2/c31-18-3-1-2-12-17-10-11-4-5-15-24-20(11)23-13(6-7-14(21(17)23)30(36)22(12)18)27(33)26(24)25-16(29(15)35)8-9-19(32)28(25)34/h1-10H. The summed E-state index contributed by atoms with van der Waals surface area (Å²) in [4.78, 5) is 27.5. The molecule has 0 aliphatic rings. The summed E-state index contributed by atoms with van der Waals surface area (Å²) in [5.74, 6) is 0. The average Bonchev–Trinajstić information content (AvgIpc) is 2.88. The Balaban J connectivity index is 1.82. The maximum Gasteiger partial charge on any atom is 0.195 e. The van der Waals surface area contributed by atoms with Gasteiger partial charge >= 0.3 is 0 Å². The Kier molecular flexibility index (Phi) is 4.30. The first-order valence-electron chi connectivity index (χ1n) is 11.2. The smallest absolute Gasteiger partial charge is 0.195 e. The summed E-state index contributed by atoms with van der Waals surface area (Å²) in [5, 5.41) is 12.6. The lowest BCUT2D eigenvalue weighted by atomic mass is 9.84. The first-order chi connectivity index (χ1) is 17.4. The van der Waals surface area contributed by atoms with Crippen molar-refractivity contribution < 1.29 is 0 Å². The van der Waals surface area contributed by atoms with Gasteiger partial charge in [0.15, 0.2) is 10.9 Å².